The van der Waals surface area contributed by atoms with Crippen LogP contribution in [0.2, 0.25) is 0 Å². The molecule has 0 radical (unpaired) electrons. The van der Waals surface area contributed by atoms with Crippen LogP contribution in [0.15, 0.2) is 42.5 Å². The van der Waals surface area contributed by atoms with Crippen LogP contribution in [0.3, 0.4) is 0 Å². The molecule has 2 aromatic carbocycles. The molecule has 2 fully saturated rings. The summed E-state index contributed by atoms with van der Waals surface area (Å²) in [6.45, 7) is 2.01. The van der Waals surface area contributed by atoms with Gasteiger partial charge in [-0.05, 0) is 42.3 Å². The van der Waals surface area contributed by atoms with E-state index in [1.54, 1.807) is 31.2 Å². The minimum Gasteiger partial charge on any atom is -0.493 e. The maximum absolute atomic E-state index is 13.3. The van der Waals surface area contributed by atoms with Crippen LogP contribution in [-0.4, -0.2) is 30.8 Å². The van der Waals surface area contributed by atoms with Crippen molar-refractivity contribution < 1.29 is 41.0 Å². The summed E-state index contributed by atoms with van der Waals surface area (Å²) in [5.41, 5.74) is -1.96. The van der Waals surface area contributed by atoms with Gasteiger partial charge in [0, 0.05) is 24.7 Å². The van der Waals surface area contributed by atoms with Crippen molar-refractivity contribution in [3.8, 4) is 5.75 Å². The fraction of sp³-hybridized carbons (Fsp3) is 0.480. The van der Waals surface area contributed by atoms with Crippen LogP contribution in [0.1, 0.15) is 42.9 Å². The van der Waals surface area contributed by atoms with Gasteiger partial charge in [-0.25, -0.2) is 0 Å². The maximum atomic E-state index is 13.3. The molecule has 192 valence electrons. The summed E-state index contributed by atoms with van der Waals surface area (Å²) in [7, 11) is 0. The van der Waals surface area contributed by atoms with E-state index < -0.39 is 41.1 Å². The lowest BCUT2D eigenvalue weighted by Gasteiger charge is -2.42. The van der Waals surface area contributed by atoms with Gasteiger partial charge in [0.25, 0.3) is 0 Å². The standard InChI is InChI=1S/C22H21F6NO3.C3H6/c1-13(20(30)31)7-14-3-2-4-17(8-14)32-12-15-10-29(11-15)19-9-16(21(23,24)25)5-6-18(19)22(26,27)28;1-2-3-1/h2-6,8-9,13,15H,7,10-12H2,1H3,(H,30,31);1-3H2. The number of hydrogen-bond acceptors (Lipinski definition) is 3. The Morgan fingerprint density at radius 3 is 2.23 bits per heavy atom. The average Bonchev–Trinajstić information content (AvgIpc) is 3.61. The third-order valence-electron chi connectivity index (χ3n) is 5.63. The van der Waals surface area contributed by atoms with Gasteiger partial charge >= 0.3 is 18.3 Å². The molecule has 4 nitrogen and oxygen atoms in total. The van der Waals surface area contributed by atoms with E-state index in [2.05, 4.69) is 0 Å². The van der Waals surface area contributed by atoms with Gasteiger partial charge in [0.1, 0.15) is 5.75 Å². The molecule has 2 aromatic rings. The van der Waals surface area contributed by atoms with Crippen molar-refractivity contribution in [3.05, 3.63) is 59.2 Å². The number of aliphatic carboxylic acids is 1. The summed E-state index contributed by atoms with van der Waals surface area (Å²) in [6, 6.07) is 8.29. The van der Waals surface area contributed by atoms with E-state index in [0.29, 0.717) is 30.4 Å². The third kappa shape index (κ3) is 7.80. The number of anilines is 1. The molecule has 1 unspecified atom stereocenters. The highest BCUT2D eigenvalue weighted by Gasteiger charge is 2.40. The van der Waals surface area contributed by atoms with Crippen molar-refractivity contribution in [1.82, 2.24) is 0 Å². The molecule has 0 bridgehead atoms. The average molecular weight is 503 g/mol. The van der Waals surface area contributed by atoms with E-state index in [4.69, 9.17) is 9.84 Å². The topological polar surface area (TPSA) is 49.8 Å². The highest BCUT2D eigenvalue weighted by molar-refractivity contribution is 5.69. The molecule has 1 atom stereocenters. The normalized spacial score (nSPS) is 16.6. The van der Waals surface area contributed by atoms with E-state index in [0.717, 1.165) is 5.56 Å². The predicted molar refractivity (Wildman–Crippen MR) is 118 cm³/mol. The number of nitrogens with zero attached hydrogens (tertiary/aromatic N) is 1. The van der Waals surface area contributed by atoms with Gasteiger partial charge in [0.05, 0.1) is 23.7 Å². The first kappa shape index (κ1) is 26.7. The molecule has 1 aliphatic heterocycles. The highest BCUT2D eigenvalue weighted by atomic mass is 19.4. The van der Waals surface area contributed by atoms with Crippen molar-refractivity contribution in [2.75, 3.05) is 24.6 Å². The Hall–Kier alpha value is -2.91. The lowest BCUT2D eigenvalue weighted by Crippen LogP contribution is -2.50. The van der Waals surface area contributed by atoms with Crippen molar-refractivity contribution >= 4 is 11.7 Å². The predicted octanol–water partition coefficient (Wildman–Crippen LogP) is 6.67. The molecule has 1 aliphatic carbocycles. The molecule has 0 spiro atoms. The molecule has 4 rings (SSSR count). The molecular formula is C25H27F6NO3. The van der Waals surface area contributed by atoms with Crippen LogP contribution < -0.4 is 9.64 Å². The lowest BCUT2D eigenvalue weighted by molar-refractivity contribution is -0.141. The Morgan fingerprint density at radius 2 is 1.69 bits per heavy atom. The van der Waals surface area contributed by atoms with Crippen molar-refractivity contribution in [2.24, 2.45) is 11.8 Å². The second-order valence-corrected chi connectivity index (χ2v) is 8.96. The van der Waals surface area contributed by atoms with Gasteiger partial charge in [-0.1, -0.05) is 38.3 Å². The molecule has 2 aliphatic rings. The van der Waals surface area contributed by atoms with Gasteiger partial charge in [-0.3, -0.25) is 4.79 Å². The number of hydrogen-bond donors (Lipinski definition) is 1. The Balaban J connectivity index is 0.00000106. The maximum Gasteiger partial charge on any atom is 0.418 e. The Kier molecular flexibility index (Phi) is 8.22. The molecule has 0 amide bonds. The summed E-state index contributed by atoms with van der Waals surface area (Å²) < 4.78 is 84.4. The highest BCUT2D eigenvalue weighted by Crippen LogP contribution is 2.42. The second kappa shape index (κ2) is 10.8. The van der Waals surface area contributed by atoms with Crippen molar-refractivity contribution in [3.63, 3.8) is 0 Å². The van der Waals surface area contributed by atoms with Crippen LogP contribution in [0.5, 0.6) is 5.75 Å². The van der Waals surface area contributed by atoms with Crippen molar-refractivity contribution in [1.29, 1.82) is 0 Å². The molecule has 1 saturated carbocycles. The largest absolute Gasteiger partial charge is 0.493 e. The summed E-state index contributed by atoms with van der Waals surface area (Å²) in [6.07, 6.45) is -4.69. The molecule has 0 aromatic heterocycles. The quantitative estimate of drug-likeness (QED) is 0.429. The van der Waals surface area contributed by atoms with Crippen LogP contribution in [0, 0.1) is 11.8 Å². The van der Waals surface area contributed by atoms with E-state index in [-0.39, 0.29) is 25.6 Å². The fourth-order valence-electron chi connectivity index (χ4n) is 3.50. The zero-order valence-electron chi connectivity index (χ0n) is 19.1. The lowest BCUT2D eigenvalue weighted by atomic mass is 9.97. The van der Waals surface area contributed by atoms with Crippen LogP contribution in [0.4, 0.5) is 32.0 Å². The van der Waals surface area contributed by atoms with Gasteiger partial charge in [0.15, 0.2) is 0 Å². The van der Waals surface area contributed by atoms with Crippen LogP contribution >= 0.6 is 0 Å². The van der Waals surface area contributed by atoms with Crippen molar-refractivity contribution in [2.45, 2.75) is 45.0 Å². The first-order valence-electron chi connectivity index (χ1n) is 11.3. The number of alkyl halides is 6. The molecular weight excluding hydrogens is 476 g/mol. The fourth-order valence-corrected chi connectivity index (χ4v) is 3.50. The molecule has 35 heavy (non-hydrogen) atoms. The van der Waals surface area contributed by atoms with E-state index in [9.17, 15) is 31.1 Å². The molecule has 1 saturated heterocycles. The minimum absolute atomic E-state index is 0.125. The first-order chi connectivity index (χ1) is 16.3. The van der Waals surface area contributed by atoms with E-state index in [1.807, 2.05) is 0 Å². The Labute approximate surface area is 199 Å². The Bertz CT molecular complexity index is 1010. The zero-order chi connectivity index (χ0) is 25.8. The van der Waals surface area contributed by atoms with E-state index in [1.165, 1.54) is 24.2 Å². The number of carbonyl (C=O) groups is 1. The Morgan fingerprint density at radius 1 is 1.03 bits per heavy atom. The van der Waals surface area contributed by atoms with Crippen LogP contribution in [-0.2, 0) is 23.6 Å². The number of benzene rings is 2. The molecule has 1 heterocycles. The SMILES string of the molecule is C1CC1.CC(Cc1cccc(OCC2CN(c3cc(C(F)(F)F)ccc3C(F)(F)F)C2)c1)C(=O)O. The summed E-state index contributed by atoms with van der Waals surface area (Å²) in [5, 5.41) is 9.01. The van der Waals surface area contributed by atoms with Gasteiger partial charge in [-0.15, -0.1) is 0 Å². The molecule has 1 N–H and O–H groups in total. The van der Waals surface area contributed by atoms with Gasteiger partial charge in [-0.2, -0.15) is 26.3 Å². The summed E-state index contributed by atoms with van der Waals surface area (Å²) in [5.74, 6) is -1.15. The number of rotatable bonds is 7. The number of carboxylic acids is 1. The third-order valence-corrected chi connectivity index (χ3v) is 5.63. The van der Waals surface area contributed by atoms with Crippen LogP contribution in [0.25, 0.3) is 0 Å². The van der Waals surface area contributed by atoms with Gasteiger partial charge < -0.3 is 14.7 Å². The zero-order valence-corrected chi connectivity index (χ0v) is 19.1. The monoisotopic (exact) mass is 503 g/mol. The van der Waals surface area contributed by atoms with Gasteiger partial charge in [0.2, 0.25) is 0 Å². The summed E-state index contributed by atoms with van der Waals surface area (Å²) >= 11 is 0. The summed E-state index contributed by atoms with van der Waals surface area (Å²) in [4.78, 5) is 12.3. The number of carboxylic acid groups (broad SMARTS) is 1. The molecule has 10 heteroatoms. The van der Waals surface area contributed by atoms with E-state index >= 15 is 0 Å². The second-order valence-electron chi connectivity index (χ2n) is 8.96. The smallest absolute Gasteiger partial charge is 0.418 e. The first-order valence-corrected chi connectivity index (χ1v) is 11.3. The number of halogens is 6. The number of ether oxygens (including phenoxy) is 1. The minimum atomic E-state index is -4.77.